The lowest BCUT2D eigenvalue weighted by Crippen LogP contribution is -1.96. The highest BCUT2D eigenvalue weighted by atomic mass is 35.5. The smallest absolute Gasteiger partial charge is 0.174 e. The Bertz CT molecular complexity index is 508. The number of hydrogen-bond donors (Lipinski definition) is 1. The van der Waals surface area contributed by atoms with E-state index in [9.17, 15) is 9.90 Å². The van der Waals surface area contributed by atoms with E-state index < -0.39 is 0 Å². The molecule has 15 heavy (non-hydrogen) atoms. The summed E-state index contributed by atoms with van der Waals surface area (Å²) in [5, 5.41) is 13.7. The van der Waals surface area contributed by atoms with Crippen LogP contribution in [0.1, 0.15) is 10.5 Å². The van der Waals surface area contributed by atoms with Gasteiger partial charge in [-0.2, -0.15) is 5.10 Å². The molecule has 1 heterocycles. The third-order valence-corrected chi connectivity index (χ3v) is 2.25. The number of aromatic nitrogens is 2. The second kappa shape index (κ2) is 3.74. The first kappa shape index (κ1) is 9.73. The molecule has 0 aliphatic rings. The van der Waals surface area contributed by atoms with Crippen molar-refractivity contribution in [2.24, 2.45) is 0 Å². The Kier molecular flexibility index (Phi) is 2.43. The van der Waals surface area contributed by atoms with E-state index in [1.165, 1.54) is 10.9 Å². The summed E-state index contributed by atoms with van der Waals surface area (Å²) < 4.78 is 1.36. The van der Waals surface area contributed by atoms with Crippen LogP contribution in [0.25, 0.3) is 5.69 Å². The highest BCUT2D eigenvalue weighted by molar-refractivity contribution is 6.32. The van der Waals surface area contributed by atoms with Gasteiger partial charge >= 0.3 is 0 Å². The van der Waals surface area contributed by atoms with Crippen molar-refractivity contribution < 1.29 is 9.90 Å². The lowest BCUT2D eigenvalue weighted by atomic mass is 10.3. The first-order valence-electron chi connectivity index (χ1n) is 4.21. The van der Waals surface area contributed by atoms with Gasteiger partial charge in [0.05, 0.1) is 16.9 Å². The molecule has 2 rings (SSSR count). The van der Waals surface area contributed by atoms with E-state index in [2.05, 4.69) is 5.10 Å². The Balaban J connectivity index is 2.55. The molecule has 0 saturated carbocycles. The highest BCUT2D eigenvalue weighted by Crippen LogP contribution is 2.22. The monoisotopic (exact) mass is 222 g/mol. The van der Waals surface area contributed by atoms with Crippen LogP contribution in [0.3, 0.4) is 0 Å². The molecule has 4 nitrogen and oxygen atoms in total. The summed E-state index contributed by atoms with van der Waals surface area (Å²) >= 11 is 5.93. The molecule has 5 heteroatoms. The lowest BCUT2D eigenvalue weighted by molar-refractivity contribution is 0.111. The molecule has 2 aromatic rings. The molecular weight excluding hydrogens is 216 g/mol. The summed E-state index contributed by atoms with van der Waals surface area (Å²) in [7, 11) is 0. The number of aromatic hydroxyl groups is 1. The zero-order valence-electron chi connectivity index (χ0n) is 7.59. The molecule has 0 aliphatic heterocycles. The Morgan fingerprint density at radius 2 is 2.13 bits per heavy atom. The van der Waals surface area contributed by atoms with Gasteiger partial charge in [0, 0.05) is 0 Å². The third-order valence-electron chi connectivity index (χ3n) is 1.93. The van der Waals surface area contributed by atoms with Gasteiger partial charge in [-0.25, -0.2) is 4.68 Å². The maximum atomic E-state index is 10.5. The second-order valence-electron chi connectivity index (χ2n) is 2.91. The quantitative estimate of drug-likeness (QED) is 0.792. The highest BCUT2D eigenvalue weighted by Gasteiger charge is 2.09. The van der Waals surface area contributed by atoms with Gasteiger partial charge in [0.2, 0.25) is 0 Å². The summed E-state index contributed by atoms with van der Waals surface area (Å²) in [5.41, 5.74) is 0.609. The topological polar surface area (TPSA) is 55.1 Å². The van der Waals surface area contributed by atoms with Crippen molar-refractivity contribution in [3.05, 3.63) is 41.2 Å². The minimum atomic E-state index is -0.162. The maximum Gasteiger partial charge on any atom is 0.174 e. The van der Waals surface area contributed by atoms with Crippen LogP contribution in [-0.2, 0) is 0 Å². The summed E-state index contributed by atoms with van der Waals surface area (Å²) in [6.07, 6.45) is 1.83. The van der Waals surface area contributed by atoms with Gasteiger partial charge in [-0.05, 0) is 12.1 Å². The first-order valence-corrected chi connectivity index (χ1v) is 4.59. The Labute approximate surface area is 90.7 Å². The van der Waals surface area contributed by atoms with Gasteiger partial charge < -0.3 is 5.11 Å². The predicted molar refractivity (Wildman–Crippen MR) is 55.6 cm³/mol. The van der Waals surface area contributed by atoms with Crippen LogP contribution in [0.15, 0.2) is 30.5 Å². The minimum absolute atomic E-state index is 0.00470. The van der Waals surface area contributed by atoms with E-state index in [4.69, 9.17) is 11.6 Å². The number of rotatable bonds is 2. The molecule has 1 aromatic carbocycles. The van der Waals surface area contributed by atoms with Crippen molar-refractivity contribution in [3.63, 3.8) is 0 Å². The standard InChI is InChI=1S/C10H7ClN2O2/c11-7-3-1-2-4-9(7)13-5-10(15)8(6-14)12-13/h1-6,15H. The van der Waals surface area contributed by atoms with E-state index in [1.54, 1.807) is 24.3 Å². The van der Waals surface area contributed by atoms with Crippen LogP contribution < -0.4 is 0 Å². The largest absolute Gasteiger partial charge is 0.504 e. The predicted octanol–water partition coefficient (Wildman–Crippen LogP) is 2.04. The molecular formula is C10H7ClN2O2. The number of para-hydroxylation sites is 1. The molecule has 0 spiro atoms. The van der Waals surface area contributed by atoms with Crippen LogP contribution >= 0.6 is 11.6 Å². The second-order valence-corrected chi connectivity index (χ2v) is 3.32. The molecule has 76 valence electrons. The molecule has 0 atom stereocenters. The fourth-order valence-electron chi connectivity index (χ4n) is 1.22. The molecule has 0 fully saturated rings. The Hall–Kier alpha value is -1.81. The van der Waals surface area contributed by atoms with Gasteiger partial charge in [-0.3, -0.25) is 4.79 Å². The average molecular weight is 223 g/mol. The molecule has 0 amide bonds. The number of benzene rings is 1. The normalized spacial score (nSPS) is 10.2. The molecule has 0 unspecified atom stereocenters. The van der Waals surface area contributed by atoms with E-state index in [0.29, 0.717) is 17.0 Å². The number of nitrogens with zero attached hydrogens (tertiary/aromatic N) is 2. The molecule has 0 radical (unpaired) electrons. The number of carbonyl (C=O) groups is 1. The van der Waals surface area contributed by atoms with Crippen LogP contribution in [0.2, 0.25) is 5.02 Å². The molecule has 0 bridgehead atoms. The van der Waals surface area contributed by atoms with E-state index in [0.717, 1.165) is 0 Å². The number of carbonyl (C=O) groups excluding carboxylic acids is 1. The van der Waals surface area contributed by atoms with E-state index >= 15 is 0 Å². The fraction of sp³-hybridized carbons (Fsp3) is 0. The molecule has 0 aliphatic carbocycles. The molecule has 0 saturated heterocycles. The Morgan fingerprint density at radius 3 is 2.73 bits per heavy atom. The van der Waals surface area contributed by atoms with Crippen LogP contribution in [0.4, 0.5) is 0 Å². The maximum absolute atomic E-state index is 10.5. The van der Waals surface area contributed by atoms with Gasteiger partial charge in [0.25, 0.3) is 0 Å². The van der Waals surface area contributed by atoms with Crippen molar-refractivity contribution in [1.82, 2.24) is 9.78 Å². The van der Waals surface area contributed by atoms with Crippen molar-refractivity contribution >= 4 is 17.9 Å². The van der Waals surface area contributed by atoms with Gasteiger partial charge in [0.15, 0.2) is 17.7 Å². The average Bonchev–Trinajstić information content (AvgIpc) is 2.60. The fourth-order valence-corrected chi connectivity index (χ4v) is 1.45. The molecule has 1 aromatic heterocycles. The summed E-state index contributed by atoms with van der Waals surface area (Å²) in [5.74, 6) is -0.162. The first-order chi connectivity index (χ1) is 7.22. The molecule has 1 N–H and O–H groups in total. The van der Waals surface area contributed by atoms with Gasteiger partial charge in [-0.15, -0.1) is 0 Å². The van der Waals surface area contributed by atoms with Gasteiger partial charge in [0.1, 0.15) is 0 Å². The number of aldehydes is 1. The van der Waals surface area contributed by atoms with Crippen molar-refractivity contribution in [2.45, 2.75) is 0 Å². The van der Waals surface area contributed by atoms with Crippen LogP contribution in [-0.4, -0.2) is 21.2 Å². The summed E-state index contributed by atoms with van der Waals surface area (Å²) in [6, 6.07) is 7.02. The summed E-state index contributed by atoms with van der Waals surface area (Å²) in [4.78, 5) is 10.5. The number of hydrogen-bond acceptors (Lipinski definition) is 3. The van der Waals surface area contributed by atoms with Gasteiger partial charge in [-0.1, -0.05) is 23.7 Å². The Morgan fingerprint density at radius 1 is 1.40 bits per heavy atom. The minimum Gasteiger partial charge on any atom is -0.504 e. The van der Waals surface area contributed by atoms with Crippen molar-refractivity contribution in [2.75, 3.05) is 0 Å². The zero-order chi connectivity index (χ0) is 10.8. The van der Waals surface area contributed by atoms with E-state index in [1.807, 2.05) is 0 Å². The summed E-state index contributed by atoms with van der Waals surface area (Å²) in [6.45, 7) is 0. The SMILES string of the molecule is O=Cc1nn(-c2ccccc2Cl)cc1O. The van der Waals surface area contributed by atoms with Crippen LogP contribution in [0, 0.1) is 0 Å². The van der Waals surface area contributed by atoms with E-state index in [-0.39, 0.29) is 11.4 Å². The van der Waals surface area contributed by atoms with Crippen molar-refractivity contribution in [3.8, 4) is 11.4 Å². The lowest BCUT2D eigenvalue weighted by Gasteiger charge is -2.01. The zero-order valence-corrected chi connectivity index (χ0v) is 8.35. The number of halogens is 1. The van der Waals surface area contributed by atoms with Crippen LogP contribution in [0.5, 0.6) is 5.75 Å². The van der Waals surface area contributed by atoms with Crippen molar-refractivity contribution in [1.29, 1.82) is 0 Å². The third kappa shape index (κ3) is 1.71.